The van der Waals surface area contributed by atoms with Crippen LogP contribution < -0.4 is 10.1 Å². The summed E-state index contributed by atoms with van der Waals surface area (Å²) in [6.45, 7) is 2.56. The van der Waals surface area contributed by atoms with E-state index in [1.165, 1.54) is 0 Å². The summed E-state index contributed by atoms with van der Waals surface area (Å²) in [6.07, 6.45) is 0. The molecular formula is C17H16ClN3O. The van der Waals surface area contributed by atoms with Crippen LogP contribution in [0.3, 0.4) is 0 Å². The fourth-order valence-corrected chi connectivity index (χ4v) is 2.51. The number of para-hydroxylation sites is 2. The summed E-state index contributed by atoms with van der Waals surface area (Å²) >= 11 is 6.13. The Morgan fingerprint density at radius 3 is 2.50 bits per heavy atom. The summed E-state index contributed by atoms with van der Waals surface area (Å²) in [6, 6.07) is 13.5. The summed E-state index contributed by atoms with van der Waals surface area (Å²) in [5.74, 6) is 0.661. The van der Waals surface area contributed by atoms with Crippen molar-refractivity contribution in [2.75, 3.05) is 12.4 Å². The van der Waals surface area contributed by atoms with Crippen molar-refractivity contribution >= 4 is 28.3 Å². The van der Waals surface area contributed by atoms with Gasteiger partial charge >= 0.3 is 0 Å². The van der Waals surface area contributed by atoms with Gasteiger partial charge in [0.15, 0.2) is 0 Å². The van der Waals surface area contributed by atoms with Gasteiger partial charge in [-0.3, -0.25) is 0 Å². The molecule has 0 aliphatic heterocycles. The first-order chi connectivity index (χ1) is 10.7. The minimum atomic E-state index is 0.578. The van der Waals surface area contributed by atoms with Crippen molar-refractivity contribution in [2.24, 2.45) is 0 Å². The Balaban J connectivity index is 1.81. The van der Waals surface area contributed by atoms with Crippen LogP contribution in [-0.4, -0.2) is 17.1 Å². The molecule has 0 amide bonds. The summed E-state index contributed by atoms with van der Waals surface area (Å²) < 4.78 is 5.15. The predicted molar refractivity (Wildman–Crippen MR) is 89.6 cm³/mol. The highest BCUT2D eigenvalue weighted by atomic mass is 35.5. The standard InChI is InChI=1S/C17H16ClN3O/c1-11-16(21-15-6-4-3-5-14(15)20-11)10-19-12-7-8-17(22-2)13(18)9-12/h3-9,19H,10H2,1-2H3. The van der Waals surface area contributed by atoms with Crippen molar-refractivity contribution in [1.82, 2.24) is 9.97 Å². The van der Waals surface area contributed by atoms with Gasteiger partial charge in [-0.25, -0.2) is 9.97 Å². The lowest BCUT2D eigenvalue weighted by Gasteiger charge is -2.10. The Labute approximate surface area is 134 Å². The van der Waals surface area contributed by atoms with Gasteiger partial charge in [-0.05, 0) is 37.3 Å². The second kappa shape index (κ2) is 6.20. The average Bonchev–Trinajstić information content (AvgIpc) is 2.53. The molecule has 1 N–H and O–H groups in total. The molecule has 0 spiro atoms. The first-order valence-electron chi connectivity index (χ1n) is 6.97. The second-order valence-electron chi connectivity index (χ2n) is 4.95. The zero-order valence-electron chi connectivity index (χ0n) is 12.4. The van der Waals surface area contributed by atoms with Crippen molar-refractivity contribution in [1.29, 1.82) is 0 Å². The molecule has 4 nitrogen and oxygen atoms in total. The topological polar surface area (TPSA) is 47.0 Å². The molecule has 0 aliphatic carbocycles. The highest BCUT2D eigenvalue weighted by molar-refractivity contribution is 6.32. The number of aromatic nitrogens is 2. The molecule has 0 bridgehead atoms. The van der Waals surface area contributed by atoms with Crippen LogP contribution in [0.2, 0.25) is 5.02 Å². The SMILES string of the molecule is COc1ccc(NCc2nc3ccccc3nc2C)cc1Cl. The van der Waals surface area contributed by atoms with E-state index in [1.807, 2.05) is 49.4 Å². The van der Waals surface area contributed by atoms with Gasteiger partial charge in [0.1, 0.15) is 5.75 Å². The number of hydrogen-bond acceptors (Lipinski definition) is 4. The summed E-state index contributed by atoms with van der Waals surface area (Å²) in [7, 11) is 1.60. The van der Waals surface area contributed by atoms with Crippen LogP contribution in [0.1, 0.15) is 11.4 Å². The van der Waals surface area contributed by atoms with Crippen LogP contribution in [0, 0.1) is 6.92 Å². The molecule has 22 heavy (non-hydrogen) atoms. The van der Waals surface area contributed by atoms with Gasteiger partial charge in [0.05, 0.1) is 41.1 Å². The van der Waals surface area contributed by atoms with E-state index in [9.17, 15) is 0 Å². The van der Waals surface area contributed by atoms with Crippen molar-refractivity contribution in [2.45, 2.75) is 13.5 Å². The van der Waals surface area contributed by atoms with E-state index < -0.39 is 0 Å². The third-order valence-corrected chi connectivity index (χ3v) is 3.75. The first kappa shape index (κ1) is 14.6. The number of rotatable bonds is 4. The number of fused-ring (bicyclic) bond motifs is 1. The molecule has 0 saturated heterocycles. The number of nitrogens with zero attached hydrogens (tertiary/aromatic N) is 2. The molecular weight excluding hydrogens is 298 g/mol. The highest BCUT2D eigenvalue weighted by Crippen LogP contribution is 2.27. The fourth-order valence-electron chi connectivity index (χ4n) is 2.25. The van der Waals surface area contributed by atoms with E-state index in [0.717, 1.165) is 28.1 Å². The number of halogens is 1. The Hall–Kier alpha value is -2.33. The molecule has 3 rings (SSSR count). The van der Waals surface area contributed by atoms with Gasteiger partial charge in [-0.15, -0.1) is 0 Å². The zero-order valence-corrected chi connectivity index (χ0v) is 13.2. The smallest absolute Gasteiger partial charge is 0.137 e. The largest absolute Gasteiger partial charge is 0.495 e. The number of ether oxygens (including phenoxy) is 1. The van der Waals surface area contributed by atoms with Crippen LogP contribution in [0.4, 0.5) is 5.69 Å². The average molecular weight is 314 g/mol. The van der Waals surface area contributed by atoms with E-state index in [-0.39, 0.29) is 0 Å². The minimum absolute atomic E-state index is 0.578. The second-order valence-corrected chi connectivity index (χ2v) is 5.35. The van der Waals surface area contributed by atoms with Gasteiger partial charge in [-0.1, -0.05) is 23.7 Å². The van der Waals surface area contributed by atoms with Crippen LogP contribution in [0.15, 0.2) is 42.5 Å². The van der Waals surface area contributed by atoms with Gasteiger partial charge in [0, 0.05) is 5.69 Å². The molecule has 0 aliphatic rings. The van der Waals surface area contributed by atoms with Crippen LogP contribution in [0.5, 0.6) is 5.75 Å². The summed E-state index contributed by atoms with van der Waals surface area (Å²) in [5.41, 5.74) is 4.57. The van der Waals surface area contributed by atoms with E-state index in [4.69, 9.17) is 16.3 Å². The van der Waals surface area contributed by atoms with Crippen LogP contribution in [0.25, 0.3) is 11.0 Å². The van der Waals surface area contributed by atoms with Gasteiger partial charge in [-0.2, -0.15) is 0 Å². The van der Waals surface area contributed by atoms with E-state index in [0.29, 0.717) is 17.3 Å². The molecule has 112 valence electrons. The fraction of sp³-hybridized carbons (Fsp3) is 0.176. The monoisotopic (exact) mass is 313 g/mol. The third-order valence-electron chi connectivity index (χ3n) is 3.45. The Morgan fingerprint density at radius 1 is 1.09 bits per heavy atom. The van der Waals surface area contributed by atoms with Crippen LogP contribution >= 0.6 is 11.6 Å². The molecule has 2 aromatic carbocycles. The molecule has 1 heterocycles. The zero-order chi connectivity index (χ0) is 15.5. The highest BCUT2D eigenvalue weighted by Gasteiger charge is 2.06. The molecule has 1 aromatic heterocycles. The molecule has 0 fully saturated rings. The Bertz CT molecular complexity index is 820. The first-order valence-corrected chi connectivity index (χ1v) is 7.35. The lowest BCUT2D eigenvalue weighted by molar-refractivity contribution is 0.415. The molecule has 0 unspecified atom stereocenters. The number of nitrogens with one attached hydrogen (secondary N) is 1. The maximum Gasteiger partial charge on any atom is 0.137 e. The number of hydrogen-bond donors (Lipinski definition) is 1. The van der Waals surface area contributed by atoms with Crippen molar-refractivity contribution in [3.63, 3.8) is 0 Å². The molecule has 5 heteroatoms. The van der Waals surface area contributed by atoms with Crippen molar-refractivity contribution < 1.29 is 4.74 Å². The third kappa shape index (κ3) is 2.97. The lowest BCUT2D eigenvalue weighted by Crippen LogP contribution is -2.06. The maximum atomic E-state index is 6.13. The molecule has 0 radical (unpaired) electrons. The minimum Gasteiger partial charge on any atom is -0.495 e. The number of anilines is 1. The van der Waals surface area contributed by atoms with Gasteiger partial charge < -0.3 is 10.1 Å². The Morgan fingerprint density at radius 2 is 1.82 bits per heavy atom. The molecule has 0 atom stereocenters. The normalized spacial score (nSPS) is 10.7. The number of aryl methyl sites for hydroxylation is 1. The molecule has 0 saturated carbocycles. The van der Waals surface area contributed by atoms with Crippen molar-refractivity contribution in [3.05, 3.63) is 58.9 Å². The summed E-state index contributed by atoms with van der Waals surface area (Å²) in [5, 5.41) is 3.89. The Kier molecular flexibility index (Phi) is 4.11. The quantitative estimate of drug-likeness (QED) is 0.783. The van der Waals surface area contributed by atoms with Crippen LogP contribution in [-0.2, 0) is 6.54 Å². The van der Waals surface area contributed by atoms with Gasteiger partial charge in [0.25, 0.3) is 0 Å². The number of methoxy groups -OCH3 is 1. The van der Waals surface area contributed by atoms with Gasteiger partial charge in [0.2, 0.25) is 0 Å². The maximum absolute atomic E-state index is 6.13. The predicted octanol–water partition coefficient (Wildman–Crippen LogP) is 4.21. The lowest BCUT2D eigenvalue weighted by atomic mass is 10.2. The van der Waals surface area contributed by atoms with E-state index in [1.54, 1.807) is 7.11 Å². The summed E-state index contributed by atoms with van der Waals surface area (Å²) in [4.78, 5) is 9.25. The van der Waals surface area contributed by atoms with Crippen molar-refractivity contribution in [3.8, 4) is 5.75 Å². The molecule has 3 aromatic rings. The van der Waals surface area contributed by atoms with E-state index >= 15 is 0 Å². The number of benzene rings is 2. The van der Waals surface area contributed by atoms with E-state index in [2.05, 4.69) is 15.3 Å².